The summed E-state index contributed by atoms with van der Waals surface area (Å²) in [4.78, 5) is 29.9. The molecular weight excluding hydrogens is 508 g/mol. The number of halogens is 1. The summed E-state index contributed by atoms with van der Waals surface area (Å²) >= 11 is 5.01. The Labute approximate surface area is 215 Å². The molecule has 0 aliphatic heterocycles. The Bertz CT molecular complexity index is 1080. The summed E-state index contributed by atoms with van der Waals surface area (Å²) in [5.74, 6) is 0.0368. The van der Waals surface area contributed by atoms with E-state index in [2.05, 4.69) is 21.2 Å². The minimum absolute atomic E-state index is 0.0705. The lowest BCUT2D eigenvalue weighted by molar-refractivity contribution is -0.140. The van der Waals surface area contributed by atoms with Crippen LogP contribution in [0.5, 0.6) is 0 Å². The molecule has 0 saturated carbocycles. The van der Waals surface area contributed by atoms with Crippen molar-refractivity contribution in [1.29, 1.82) is 0 Å². The van der Waals surface area contributed by atoms with Crippen LogP contribution in [0.25, 0.3) is 0 Å². The molecule has 34 heavy (non-hydrogen) atoms. The standard InChI is InChI=1S/C28H31BrN2O2S/c1-28(2,3)30-27(33)25(18-21-11-6-4-7-12-21)31(19-22-13-10-14-23(29)17-22)26(32)20-34-24-15-8-5-9-16-24/h4-17,25H,18-20H2,1-3H3,(H,30,33)/t25-/m0/s1. The minimum Gasteiger partial charge on any atom is -0.350 e. The van der Waals surface area contributed by atoms with Gasteiger partial charge in [0.25, 0.3) is 0 Å². The maximum Gasteiger partial charge on any atom is 0.243 e. The van der Waals surface area contributed by atoms with Gasteiger partial charge in [-0.05, 0) is 56.2 Å². The SMILES string of the molecule is CC(C)(C)NC(=O)[C@H](Cc1ccccc1)N(Cc1cccc(Br)c1)C(=O)CSc1ccccc1. The van der Waals surface area contributed by atoms with E-state index in [1.807, 2.05) is 106 Å². The first-order valence-corrected chi connectivity index (χ1v) is 13.1. The number of carbonyl (C=O) groups excluding carboxylic acids is 2. The Morgan fingerprint density at radius 3 is 2.15 bits per heavy atom. The topological polar surface area (TPSA) is 49.4 Å². The summed E-state index contributed by atoms with van der Waals surface area (Å²) < 4.78 is 0.940. The Balaban J connectivity index is 1.92. The van der Waals surface area contributed by atoms with E-state index in [-0.39, 0.29) is 17.6 Å². The van der Waals surface area contributed by atoms with Crippen molar-refractivity contribution in [2.45, 2.75) is 50.2 Å². The van der Waals surface area contributed by atoms with Crippen molar-refractivity contribution in [3.8, 4) is 0 Å². The molecule has 0 heterocycles. The van der Waals surface area contributed by atoms with Crippen LogP contribution in [0.15, 0.2) is 94.3 Å². The average molecular weight is 540 g/mol. The highest BCUT2D eigenvalue weighted by atomic mass is 79.9. The third-order valence-corrected chi connectivity index (χ3v) is 6.61. The van der Waals surface area contributed by atoms with Crippen LogP contribution in [0.1, 0.15) is 31.9 Å². The van der Waals surface area contributed by atoms with E-state index in [1.54, 1.807) is 4.90 Å². The van der Waals surface area contributed by atoms with Crippen molar-refractivity contribution in [3.05, 3.63) is 101 Å². The lowest BCUT2D eigenvalue weighted by Crippen LogP contribution is -2.54. The normalized spacial score (nSPS) is 12.1. The molecule has 0 spiro atoms. The van der Waals surface area contributed by atoms with Crippen LogP contribution in [-0.2, 0) is 22.6 Å². The summed E-state index contributed by atoms with van der Waals surface area (Å²) in [7, 11) is 0. The number of benzene rings is 3. The van der Waals surface area contributed by atoms with E-state index < -0.39 is 11.6 Å². The van der Waals surface area contributed by atoms with Crippen molar-refractivity contribution in [2.75, 3.05) is 5.75 Å². The highest BCUT2D eigenvalue weighted by Gasteiger charge is 2.32. The van der Waals surface area contributed by atoms with E-state index in [1.165, 1.54) is 11.8 Å². The van der Waals surface area contributed by atoms with Crippen molar-refractivity contribution < 1.29 is 9.59 Å². The number of hydrogen-bond acceptors (Lipinski definition) is 3. The Morgan fingerprint density at radius 1 is 0.912 bits per heavy atom. The van der Waals surface area contributed by atoms with Gasteiger partial charge < -0.3 is 10.2 Å². The molecule has 1 N–H and O–H groups in total. The predicted octanol–water partition coefficient (Wildman–Crippen LogP) is 6.10. The van der Waals surface area contributed by atoms with Gasteiger partial charge in [0.05, 0.1) is 5.75 Å². The van der Waals surface area contributed by atoms with Crippen LogP contribution in [0.3, 0.4) is 0 Å². The van der Waals surface area contributed by atoms with Crippen LogP contribution in [0, 0.1) is 0 Å². The van der Waals surface area contributed by atoms with Crippen LogP contribution < -0.4 is 5.32 Å². The number of nitrogens with zero attached hydrogens (tertiary/aromatic N) is 1. The molecule has 0 radical (unpaired) electrons. The fourth-order valence-electron chi connectivity index (χ4n) is 3.58. The van der Waals surface area contributed by atoms with Crippen molar-refractivity contribution in [2.24, 2.45) is 0 Å². The fraction of sp³-hybridized carbons (Fsp3) is 0.286. The largest absolute Gasteiger partial charge is 0.350 e. The molecule has 178 valence electrons. The van der Waals surface area contributed by atoms with E-state index in [0.29, 0.717) is 13.0 Å². The molecule has 3 aromatic carbocycles. The van der Waals surface area contributed by atoms with Crippen LogP contribution in [0.4, 0.5) is 0 Å². The van der Waals surface area contributed by atoms with Crippen LogP contribution in [0.2, 0.25) is 0 Å². The van der Waals surface area contributed by atoms with Crippen LogP contribution >= 0.6 is 27.7 Å². The number of rotatable bonds is 9. The third kappa shape index (κ3) is 8.33. The monoisotopic (exact) mass is 538 g/mol. The van der Waals surface area contributed by atoms with Crippen LogP contribution in [-0.4, -0.2) is 34.0 Å². The first-order valence-electron chi connectivity index (χ1n) is 11.3. The van der Waals surface area contributed by atoms with Crippen molar-refractivity contribution in [3.63, 3.8) is 0 Å². The average Bonchev–Trinajstić information content (AvgIpc) is 2.80. The molecule has 0 aliphatic rings. The zero-order chi connectivity index (χ0) is 24.6. The minimum atomic E-state index is -0.635. The first kappa shape index (κ1) is 26.0. The van der Waals surface area contributed by atoms with Gasteiger partial charge in [-0.25, -0.2) is 0 Å². The van der Waals surface area contributed by atoms with Gasteiger partial charge in [0.15, 0.2) is 0 Å². The van der Waals surface area contributed by atoms with Gasteiger partial charge in [-0.3, -0.25) is 9.59 Å². The van der Waals surface area contributed by atoms with Gasteiger partial charge >= 0.3 is 0 Å². The third-order valence-electron chi connectivity index (χ3n) is 5.12. The number of thioether (sulfide) groups is 1. The van der Waals surface area contributed by atoms with Gasteiger partial charge in [-0.15, -0.1) is 11.8 Å². The van der Waals surface area contributed by atoms with E-state index in [0.717, 1.165) is 20.5 Å². The molecule has 4 nitrogen and oxygen atoms in total. The molecule has 0 fully saturated rings. The summed E-state index contributed by atoms with van der Waals surface area (Å²) in [5, 5.41) is 3.10. The number of carbonyl (C=O) groups is 2. The van der Waals surface area contributed by atoms with Gasteiger partial charge in [-0.2, -0.15) is 0 Å². The van der Waals surface area contributed by atoms with Gasteiger partial charge in [0.2, 0.25) is 11.8 Å². The molecule has 6 heteroatoms. The molecule has 0 bridgehead atoms. The summed E-state index contributed by atoms with van der Waals surface area (Å²) in [6.07, 6.45) is 0.443. The molecule has 3 aromatic rings. The van der Waals surface area contributed by atoms with E-state index in [9.17, 15) is 9.59 Å². The smallest absolute Gasteiger partial charge is 0.243 e. The number of amides is 2. The second-order valence-corrected chi connectivity index (χ2v) is 11.2. The van der Waals surface area contributed by atoms with Gasteiger partial charge in [0.1, 0.15) is 6.04 Å². The highest BCUT2D eigenvalue weighted by molar-refractivity contribution is 9.10. The summed E-state index contributed by atoms with van der Waals surface area (Å²) in [6.45, 7) is 6.21. The van der Waals surface area contributed by atoms with Crippen molar-refractivity contribution in [1.82, 2.24) is 10.2 Å². The quantitative estimate of drug-likeness (QED) is 0.335. The molecule has 0 unspecified atom stereocenters. The predicted molar refractivity (Wildman–Crippen MR) is 144 cm³/mol. The maximum atomic E-state index is 13.6. The molecule has 1 atom stereocenters. The second kappa shape index (κ2) is 12.2. The Kier molecular flexibility index (Phi) is 9.36. The fourth-order valence-corrected chi connectivity index (χ4v) is 4.84. The van der Waals surface area contributed by atoms with Gasteiger partial charge in [-0.1, -0.05) is 76.6 Å². The zero-order valence-electron chi connectivity index (χ0n) is 19.8. The molecule has 0 aliphatic carbocycles. The second-order valence-electron chi connectivity index (χ2n) is 9.20. The zero-order valence-corrected chi connectivity index (χ0v) is 22.2. The van der Waals surface area contributed by atoms with E-state index in [4.69, 9.17) is 0 Å². The lowest BCUT2D eigenvalue weighted by atomic mass is 10.0. The number of hydrogen-bond donors (Lipinski definition) is 1. The molecular formula is C28H31BrN2O2S. The van der Waals surface area contributed by atoms with Crippen molar-refractivity contribution >= 4 is 39.5 Å². The lowest BCUT2D eigenvalue weighted by Gasteiger charge is -2.34. The Morgan fingerprint density at radius 2 is 1.53 bits per heavy atom. The molecule has 3 rings (SSSR count). The molecule has 2 amide bonds. The Hall–Kier alpha value is -2.57. The first-order chi connectivity index (χ1) is 16.2. The number of nitrogens with one attached hydrogen (secondary N) is 1. The van der Waals surface area contributed by atoms with E-state index >= 15 is 0 Å². The summed E-state index contributed by atoms with van der Waals surface area (Å²) in [6, 6.07) is 27.0. The van der Waals surface area contributed by atoms with Gasteiger partial charge in [0, 0.05) is 27.9 Å². The molecule has 0 aromatic heterocycles. The highest BCUT2D eigenvalue weighted by Crippen LogP contribution is 2.22. The summed E-state index contributed by atoms with van der Waals surface area (Å²) in [5.41, 5.74) is 1.57. The molecule has 0 saturated heterocycles. The maximum absolute atomic E-state index is 13.6.